The number of anilines is 1. The van der Waals surface area contributed by atoms with Crippen molar-refractivity contribution in [3.05, 3.63) is 63.6 Å². The molecule has 0 spiro atoms. The van der Waals surface area contributed by atoms with Crippen molar-refractivity contribution in [1.29, 1.82) is 0 Å². The lowest BCUT2D eigenvalue weighted by molar-refractivity contribution is 0.579. The Kier molecular flexibility index (Phi) is 5.34. The average Bonchev–Trinajstić information content (AvgIpc) is 2.47. The summed E-state index contributed by atoms with van der Waals surface area (Å²) in [6.45, 7) is 4.08. The van der Waals surface area contributed by atoms with Gasteiger partial charge in [-0.2, -0.15) is 0 Å². The van der Waals surface area contributed by atoms with E-state index in [2.05, 4.69) is 28.2 Å². The van der Waals surface area contributed by atoms with Gasteiger partial charge in [-0.15, -0.1) is 0 Å². The first-order chi connectivity index (χ1) is 10.0. The van der Waals surface area contributed by atoms with Gasteiger partial charge in [0.25, 0.3) is 0 Å². The summed E-state index contributed by atoms with van der Waals surface area (Å²) >= 11 is 3.08. The van der Waals surface area contributed by atoms with Gasteiger partial charge in [0.1, 0.15) is 17.3 Å². The monoisotopic (exact) mass is 353 g/mol. The quantitative estimate of drug-likeness (QED) is 0.710. The number of hydrogen-bond acceptors (Lipinski definition) is 1. The van der Waals surface area contributed by atoms with E-state index >= 15 is 0 Å². The van der Waals surface area contributed by atoms with E-state index in [1.54, 1.807) is 0 Å². The normalized spacial score (nSPS) is 12.2. The highest BCUT2D eigenvalue weighted by molar-refractivity contribution is 9.10. The zero-order valence-electron chi connectivity index (χ0n) is 12.1. The van der Waals surface area contributed by atoms with Gasteiger partial charge >= 0.3 is 0 Å². The molecule has 0 bridgehead atoms. The number of hydrogen-bond donors (Lipinski definition) is 1. The minimum Gasteiger partial charge on any atom is -0.374 e. The maximum atomic E-state index is 13.9. The number of aryl methyl sites for hydroxylation is 1. The second-order valence-corrected chi connectivity index (χ2v) is 5.86. The molecule has 0 aliphatic rings. The zero-order valence-corrected chi connectivity index (χ0v) is 13.7. The smallest absolute Gasteiger partial charge is 0.150 e. The molecule has 0 aliphatic carbocycles. The predicted octanol–water partition coefficient (Wildman–Crippen LogP) is 5.85. The minimum absolute atomic E-state index is 0.0791. The van der Waals surface area contributed by atoms with Crippen molar-refractivity contribution in [2.24, 2.45) is 0 Å². The fourth-order valence-corrected chi connectivity index (χ4v) is 2.66. The summed E-state index contributed by atoms with van der Waals surface area (Å²) in [5, 5.41) is 2.98. The first-order valence-electron chi connectivity index (χ1n) is 7.05. The van der Waals surface area contributed by atoms with Crippen LogP contribution in [0.2, 0.25) is 0 Å². The molecular weight excluding hydrogens is 336 g/mol. The van der Waals surface area contributed by atoms with Crippen LogP contribution in [0.1, 0.15) is 37.4 Å². The Bertz CT molecular complexity index is 588. The number of rotatable bonds is 5. The molecule has 112 valence electrons. The number of benzene rings is 2. The Hall–Kier alpha value is -1.42. The summed E-state index contributed by atoms with van der Waals surface area (Å²) in [5.41, 5.74) is 2.19. The van der Waals surface area contributed by atoms with Crippen LogP contribution in [-0.2, 0) is 6.42 Å². The maximum absolute atomic E-state index is 13.9. The summed E-state index contributed by atoms with van der Waals surface area (Å²) in [5.74, 6) is -1.18. The molecule has 0 fully saturated rings. The molecule has 0 saturated carbocycles. The Morgan fingerprint density at radius 3 is 2.10 bits per heavy atom. The van der Waals surface area contributed by atoms with Gasteiger partial charge in [-0.25, -0.2) is 8.78 Å². The molecule has 1 N–H and O–H groups in total. The van der Waals surface area contributed by atoms with Crippen molar-refractivity contribution in [1.82, 2.24) is 0 Å². The third-order valence-electron chi connectivity index (χ3n) is 3.52. The Morgan fingerprint density at radius 1 is 1.05 bits per heavy atom. The van der Waals surface area contributed by atoms with Crippen LogP contribution in [0.15, 0.2) is 40.9 Å². The molecule has 1 unspecified atom stereocenters. The van der Waals surface area contributed by atoms with Crippen LogP contribution in [0, 0.1) is 11.6 Å². The van der Waals surface area contributed by atoms with E-state index in [9.17, 15) is 8.78 Å². The SMILES string of the molecule is CCc1ccc(C(CC)Nc2c(F)cc(Br)cc2F)cc1. The van der Waals surface area contributed by atoms with E-state index in [4.69, 9.17) is 0 Å². The minimum atomic E-state index is -0.592. The van der Waals surface area contributed by atoms with E-state index < -0.39 is 11.6 Å². The molecule has 0 aromatic heterocycles. The lowest BCUT2D eigenvalue weighted by atomic mass is 10.0. The van der Waals surface area contributed by atoms with Crippen molar-refractivity contribution in [3.8, 4) is 0 Å². The van der Waals surface area contributed by atoms with Crippen molar-refractivity contribution in [3.63, 3.8) is 0 Å². The molecule has 0 saturated heterocycles. The van der Waals surface area contributed by atoms with Crippen LogP contribution in [-0.4, -0.2) is 0 Å². The van der Waals surface area contributed by atoms with E-state index in [0.717, 1.165) is 18.4 Å². The average molecular weight is 354 g/mol. The molecular formula is C17H18BrF2N. The van der Waals surface area contributed by atoms with E-state index in [1.165, 1.54) is 17.7 Å². The zero-order chi connectivity index (χ0) is 15.4. The molecule has 0 amide bonds. The lowest BCUT2D eigenvalue weighted by Gasteiger charge is -2.20. The number of nitrogens with one attached hydrogen (secondary N) is 1. The van der Waals surface area contributed by atoms with Crippen molar-refractivity contribution < 1.29 is 8.78 Å². The van der Waals surface area contributed by atoms with E-state index in [1.807, 2.05) is 31.2 Å². The van der Waals surface area contributed by atoms with Gasteiger partial charge in [-0.05, 0) is 36.1 Å². The van der Waals surface area contributed by atoms with Crippen molar-refractivity contribution in [2.75, 3.05) is 5.32 Å². The Labute approximate surface area is 132 Å². The van der Waals surface area contributed by atoms with E-state index in [-0.39, 0.29) is 11.7 Å². The molecule has 2 rings (SSSR count). The third kappa shape index (κ3) is 3.82. The van der Waals surface area contributed by atoms with Crippen molar-refractivity contribution in [2.45, 2.75) is 32.7 Å². The summed E-state index contributed by atoms with van der Waals surface area (Å²) in [6, 6.07) is 10.5. The molecule has 1 atom stereocenters. The predicted molar refractivity (Wildman–Crippen MR) is 86.5 cm³/mol. The van der Waals surface area contributed by atoms with Gasteiger partial charge in [0.05, 0.1) is 6.04 Å². The van der Waals surface area contributed by atoms with Crippen LogP contribution in [0.4, 0.5) is 14.5 Å². The van der Waals surface area contributed by atoms with Crippen molar-refractivity contribution >= 4 is 21.6 Å². The Morgan fingerprint density at radius 2 is 1.62 bits per heavy atom. The molecule has 4 heteroatoms. The highest BCUT2D eigenvalue weighted by Gasteiger charge is 2.16. The fraction of sp³-hybridized carbons (Fsp3) is 0.294. The molecule has 1 nitrogen and oxygen atoms in total. The molecule has 0 heterocycles. The third-order valence-corrected chi connectivity index (χ3v) is 3.98. The van der Waals surface area contributed by atoms with Crippen LogP contribution < -0.4 is 5.32 Å². The summed E-state index contributed by atoms with van der Waals surface area (Å²) in [4.78, 5) is 0. The summed E-state index contributed by atoms with van der Waals surface area (Å²) in [6.07, 6.45) is 1.71. The molecule has 2 aromatic carbocycles. The summed E-state index contributed by atoms with van der Waals surface area (Å²) < 4.78 is 28.2. The maximum Gasteiger partial charge on any atom is 0.150 e. The number of halogens is 3. The molecule has 0 radical (unpaired) electrons. The van der Waals surface area contributed by atoms with Gasteiger partial charge < -0.3 is 5.32 Å². The highest BCUT2D eigenvalue weighted by Crippen LogP contribution is 2.29. The van der Waals surface area contributed by atoms with Gasteiger partial charge in [0.2, 0.25) is 0 Å². The molecule has 21 heavy (non-hydrogen) atoms. The van der Waals surface area contributed by atoms with Gasteiger partial charge in [-0.3, -0.25) is 0 Å². The van der Waals surface area contributed by atoms with Gasteiger partial charge in [0.15, 0.2) is 0 Å². The van der Waals surface area contributed by atoms with Gasteiger partial charge in [-0.1, -0.05) is 54.0 Å². The second kappa shape index (κ2) is 7.03. The van der Waals surface area contributed by atoms with Crippen LogP contribution in [0.25, 0.3) is 0 Å². The van der Waals surface area contributed by atoms with Crippen LogP contribution in [0.5, 0.6) is 0 Å². The standard InChI is InChI=1S/C17H18BrF2N/c1-3-11-5-7-12(8-6-11)16(4-2)21-17-14(19)9-13(18)10-15(17)20/h5-10,16,21H,3-4H2,1-2H3. The largest absolute Gasteiger partial charge is 0.374 e. The molecule has 0 aliphatic heterocycles. The van der Waals surface area contributed by atoms with E-state index in [0.29, 0.717) is 4.47 Å². The van der Waals surface area contributed by atoms with Crippen LogP contribution >= 0.6 is 15.9 Å². The topological polar surface area (TPSA) is 12.0 Å². The van der Waals surface area contributed by atoms with Crippen LogP contribution in [0.3, 0.4) is 0 Å². The lowest BCUT2D eigenvalue weighted by Crippen LogP contribution is -2.12. The Balaban J connectivity index is 2.26. The summed E-state index contributed by atoms with van der Waals surface area (Å²) in [7, 11) is 0. The highest BCUT2D eigenvalue weighted by atomic mass is 79.9. The second-order valence-electron chi connectivity index (χ2n) is 4.94. The first kappa shape index (κ1) is 16.0. The fourth-order valence-electron chi connectivity index (χ4n) is 2.26. The molecule has 2 aromatic rings. The van der Waals surface area contributed by atoms with Gasteiger partial charge in [0, 0.05) is 4.47 Å². The first-order valence-corrected chi connectivity index (χ1v) is 7.84.